The third-order valence-electron chi connectivity index (χ3n) is 7.85. The number of ether oxygens (including phenoxy) is 2. The fraction of sp³-hybridized carbons (Fsp3) is 0.643. The first-order chi connectivity index (χ1) is 19.1. The van der Waals surface area contributed by atoms with Crippen molar-refractivity contribution in [2.45, 2.75) is 101 Å². The van der Waals surface area contributed by atoms with Gasteiger partial charge in [0, 0.05) is 47.6 Å². The van der Waals surface area contributed by atoms with E-state index < -0.39 is 23.9 Å². The Morgan fingerprint density at radius 3 is 2.62 bits per heavy atom. The highest BCUT2D eigenvalue weighted by Gasteiger charge is 2.41. The molecule has 3 heterocycles. The SMILES string of the molecule is CC(C)(O)C1Cc2c(c3c4oc(c(CCCO)c(=O)c4c2OC2CCCC2)C(O)CC(N=C(N)N)CSSC3)O1. The van der Waals surface area contributed by atoms with E-state index in [-0.39, 0.29) is 42.7 Å². The lowest BCUT2D eigenvalue weighted by atomic mass is 9.93. The van der Waals surface area contributed by atoms with Crippen molar-refractivity contribution >= 4 is 38.5 Å². The fourth-order valence-corrected chi connectivity index (χ4v) is 8.08. The van der Waals surface area contributed by atoms with E-state index in [1.165, 1.54) is 0 Å². The molecule has 2 bridgehead atoms. The van der Waals surface area contributed by atoms with Crippen LogP contribution in [0.2, 0.25) is 0 Å². The summed E-state index contributed by atoms with van der Waals surface area (Å²) in [4.78, 5) is 18.7. The summed E-state index contributed by atoms with van der Waals surface area (Å²) in [6, 6.07) is -0.395. The van der Waals surface area contributed by atoms with Crippen molar-refractivity contribution in [2.24, 2.45) is 16.5 Å². The lowest BCUT2D eigenvalue weighted by Crippen LogP contribution is -2.39. The Morgan fingerprint density at radius 1 is 1.20 bits per heavy atom. The molecule has 7 N–H and O–H groups in total. The van der Waals surface area contributed by atoms with Gasteiger partial charge in [0.05, 0.1) is 17.7 Å². The molecule has 0 amide bonds. The largest absolute Gasteiger partial charge is 0.489 e. The summed E-state index contributed by atoms with van der Waals surface area (Å²) >= 11 is 0. The molecule has 40 heavy (non-hydrogen) atoms. The monoisotopic (exact) mass is 593 g/mol. The van der Waals surface area contributed by atoms with E-state index in [4.69, 9.17) is 25.4 Å². The Labute approximate surface area is 241 Å². The summed E-state index contributed by atoms with van der Waals surface area (Å²) in [6.45, 7) is 3.31. The van der Waals surface area contributed by atoms with E-state index in [0.717, 1.165) is 31.2 Å². The number of aliphatic hydroxyl groups is 3. The quantitative estimate of drug-likeness (QED) is 0.181. The Kier molecular flexibility index (Phi) is 8.82. The second-order valence-electron chi connectivity index (χ2n) is 11.4. The van der Waals surface area contributed by atoms with Gasteiger partial charge in [-0.2, -0.15) is 0 Å². The van der Waals surface area contributed by atoms with Gasteiger partial charge in [0.25, 0.3) is 0 Å². The van der Waals surface area contributed by atoms with Crippen molar-refractivity contribution in [1.29, 1.82) is 0 Å². The molecule has 0 spiro atoms. The molecular weight excluding hydrogens is 554 g/mol. The van der Waals surface area contributed by atoms with Gasteiger partial charge in [0.15, 0.2) is 11.4 Å². The van der Waals surface area contributed by atoms with Gasteiger partial charge in [-0.3, -0.25) is 4.79 Å². The number of aliphatic hydroxyl groups excluding tert-OH is 2. The minimum absolute atomic E-state index is 0.0303. The number of guanidine groups is 1. The molecule has 10 nitrogen and oxygen atoms in total. The molecule has 2 aromatic rings. The molecule has 5 rings (SSSR count). The van der Waals surface area contributed by atoms with Crippen LogP contribution < -0.4 is 26.4 Å². The number of rotatable bonds is 7. The predicted octanol–water partition coefficient (Wildman–Crippen LogP) is 3.07. The maximum atomic E-state index is 14.4. The van der Waals surface area contributed by atoms with Gasteiger partial charge < -0.3 is 40.7 Å². The maximum Gasteiger partial charge on any atom is 0.200 e. The van der Waals surface area contributed by atoms with Crippen LogP contribution >= 0.6 is 21.6 Å². The smallest absolute Gasteiger partial charge is 0.200 e. The zero-order valence-corrected chi connectivity index (χ0v) is 24.6. The molecule has 1 aliphatic carbocycles. The van der Waals surface area contributed by atoms with Gasteiger partial charge in [-0.05, 0) is 52.4 Å². The zero-order chi connectivity index (χ0) is 28.6. The summed E-state index contributed by atoms with van der Waals surface area (Å²) < 4.78 is 19.5. The number of nitrogens with two attached hydrogens (primary N) is 2. The van der Waals surface area contributed by atoms with Crippen LogP contribution in [0.3, 0.4) is 0 Å². The van der Waals surface area contributed by atoms with Gasteiger partial charge in [-0.25, -0.2) is 4.99 Å². The first kappa shape index (κ1) is 29.4. The lowest BCUT2D eigenvalue weighted by Gasteiger charge is -2.25. The normalized spacial score (nSPS) is 23.6. The predicted molar refractivity (Wildman–Crippen MR) is 158 cm³/mol. The van der Waals surface area contributed by atoms with Gasteiger partial charge >= 0.3 is 0 Å². The molecule has 1 aromatic carbocycles. The second-order valence-corrected chi connectivity index (χ2v) is 13.9. The summed E-state index contributed by atoms with van der Waals surface area (Å²) in [5, 5.41) is 32.2. The fourth-order valence-electron chi connectivity index (χ4n) is 5.79. The first-order valence-corrected chi connectivity index (χ1v) is 16.4. The molecule has 1 fully saturated rings. The molecule has 1 saturated carbocycles. The van der Waals surface area contributed by atoms with Crippen LogP contribution in [0.25, 0.3) is 11.0 Å². The van der Waals surface area contributed by atoms with Crippen molar-refractivity contribution in [3.8, 4) is 11.5 Å². The van der Waals surface area contributed by atoms with Gasteiger partial charge in [-0.1, -0.05) is 21.6 Å². The van der Waals surface area contributed by atoms with E-state index in [9.17, 15) is 20.1 Å². The molecule has 3 unspecified atom stereocenters. The molecule has 3 atom stereocenters. The average Bonchev–Trinajstić information content (AvgIpc) is 3.56. The first-order valence-electron chi connectivity index (χ1n) is 13.9. The second kappa shape index (κ2) is 12.0. The third kappa shape index (κ3) is 5.92. The Bertz CT molecular complexity index is 1330. The van der Waals surface area contributed by atoms with E-state index in [1.807, 2.05) is 0 Å². The van der Waals surface area contributed by atoms with Crippen molar-refractivity contribution in [2.75, 3.05) is 12.4 Å². The summed E-state index contributed by atoms with van der Waals surface area (Å²) in [5.74, 6) is 2.10. The summed E-state index contributed by atoms with van der Waals surface area (Å²) in [7, 11) is 3.12. The third-order valence-corrected chi connectivity index (χ3v) is 10.2. The van der Waals surface area contributed by atoms with Gasteiger partial charge in [0.2, 0.25) is 0 Å². The van der Waals surface area contributed by atoms with Crippen LogP contribution in [0.5, 0.6) is 11.5 Å². The zero-order valence-electron chi connectivity index (χ0n) is 23.0. The van der Waals surface area contributed by atoms with Gasteiger partial charge in [-0.15, -0.1) is 0 Å². The number of fused-ring (bicyclic) bond motifs is 3. The number of hydrogen-bond acceptors (Lipinski definition) is 10. The lowest BCUT2D eigenvalue weighted by molar-refractivity contribution is -0.0231. The van der Waals surface area contributed by atoms with Crippen LogP contribution in [-0.4, -0.2) is 57.5 Å². The van der Waals surface area contributed by atoms with Crippen LogP contribution in [0.1, 0.15) is 80.9 Å². The average molecular weight is 594 g/mol. The highest BCUT2D eigenvalue weighted by Crippen LogP contribution is 2.50. The Hall–Kier alpha value is -2.12. The van der Waals surface area contributed by atoms with E-state index in [0.29, 0.717) is 57.9 Å². The standard InChI is InChI=1S/C28H39N3O7S2/c1-28(2,35)20-11-17-23(37-20)18-13-40-39-12-14(31-27(29)30)10-19(33)24-16(8-5-9-32)22(34)21(26(18)38-24)25(17)36-15-6-3-4-7-15/h14-15,19-20,32-33,35H,3-13H2,1-2H3,(H4,29,30,31). The van der Waals surface area contributed by atoms with Crippen LogP contribution in [0, 0.1) is 0 Å². The summed E-state index contributed by atoms with van der Waals surface area (Å²) in [5.41, 5.74) is 12.1. The highest BCUT2D eigenvalue weighted by molar-refractivity contribution is 8.76. The molecular formula is C28H39N3O7S2. The number of benzene rings is 1. The topological polar surface area (TPSA) is 174 Å². The van der Waals surface area contributed by atoms with Crippen molar-refractivity contribution < 1.29 is 29.2 Å². The molecule has 0 radical (unpaired) electrons. The molecule has 12 heteroatoms. The van der Waals surface area contributed by atoms with E-state index in [2.05, 4.69) is 4.99 Å². The Morgan fingerprint density at radius 2 is 1.95 bits per heavy atom. The number of nitrogens with zero attached hydrogens (tertiary/aromatic N) is 1. The molecule has 2 aliphatic heterocycles. The van der Waals surface area contributed by atoms with Crippen molar-refractivity contribution in [3.63, 3.8) is 0 Å². The van der Waals surface area contributed by atoms with E-state index >= 15 is 0 Å². The number of hydrogen-bond donors (Lipinski definition) is 5. The maximum absolute atomic E-state index is 14.4. The molecule has 0 saturated heterocycles. The minimum Gasteiger partial charge on any atom is -0.489 e. The minimum atomic E-state index is -1.15. The van der Waals surface area contributed by atoms with Crippen molar-refractivity contribution in [3.05, 3.63) is 32.7 Å². The van der Waals surface area contributed by atoms with Crippen molar-refractivity contribution in [1.82, 2.24) is 0 Å². The van der Waals surface area contributed by atoms with Gasteiger partial charge in [0.1, 0.15) is 40.4 Å². The number of aliphatic imine (C=N–C) groups is 1. The van der Waals surface area contributed by atoms with E-state index in [1.54, 1.807) is 35.4 Å². The molecule has 220 valence electrons. The molecule has 3 aliphatic rings. The Balaban J connectivity index is 1.77. The van der Waals surface area contributed by atoms with Crippen LogP contribution in [0.15, 0.2) is 14.2 Å². The van der Waals surface area contributed by atoms with Crippen LogP contribution in [0.4, 0.5) is 0 Å². The molecule has 1 aromatic heterocycles. The summed E-state index contributed by atoms with van der Waals surface area (Å²) in [6.07, 6.45) is 3.32. The van der Waals surface area contributed by atoms with Crippen LogP contribution in [-0.2, 0) is 18.6 Å². The highest BCUT2D eigenvalue weighted by atomic mass is 33.1.